The minimum absolute atomic E-state index is 0.685. The third-order valence-electron chi connectivity index (χ3n) is 7.92. The summed E-state index contributed by atoms with van der Waals surface area (Å²) >= 11 is 0. The van der Waals surface area contributed by atoms with Crippen molar-refractivity contribution in [1.29, 1.82) is 0 Å². The number of rotatable bonds is 3. The fourth-order valence-electron chi connectivity index (χ4n) is 5.76. The lowest BCUT2D eigenvalue weighted by atomic mass is 9.76. The Morgan fingerprint density at radius 3 is 2.00 bits per heavy atom. The van der Waals surface area contributed by atoms with Crippen LogP contribution in [-0.4, -0.2) is 0 Å². The van der Waals surface area contributed by atoms with Gasteiger partial charge in [0.25, 0.3) is 0 Å². The van der Waals surface area contributed by atoms with Gasteiger partial charge < -0.3 is 0 Å². The molecule has 0 N–H and O–H groups in total. The number of allylic oxidation sites excluding steroid dienone is 6. The molecule has 3 atom stereocenters. The SMILES string of the molecule is CCC1C=C(C(C)C(C)C)C(=C2CCCC2)C(C)CCC(=C2CCCC2)C1. The van der Waals surface area contributed by atoms with Crippen LogP contribution in [0.25, 0.3) is 0 Å². The van der Waals surface area contributed by atoms with Gasteiger partial charge in [0.2, 0.25) is 0 Å². The predicted molar refractivity (Wildman–Crippen MR) is 120 cm³/mol. The Labute approximate surface area is 169 Å². The van der Waals surface area contributed by atoms with E-state index in [1.807, 2.05) is 22.3 Å². The van der Waals surface area contributed by atoms with Gasteiger partial charge in [-0.2, -0.15) is 0 Å². The molecule has 0 aliphatic heterocycles. The van der Waals surface area contributed by atoms with Gasteiger partial charge in [0.05, 0.1) is 0 Å². The van der Waals surface area contributed by atoms with Crippen LogP contribution < -0.4 is 0 Å². The summed E-state index contributed by atoms with van der Waals surface area (Å²) in [6, 6.07) is 0. The summed E-state index contributed by atoms with van der Waals surface area (Å²) in [5.41, 5.74) is 9.10. The first kappa shape index (κ1) is 20.9. The highest BCUT2D eigenvalue weighted by Crippen LogP contribution is 2.44. The maximum atomic E-state index is 2.77. The van der Waals surface area contributed by atoms with Gasteiger partial charge in [0, 0.05) is 0 Å². The molecule has 2 fully saturated rings. The largest absolute Gasteiger partial charge is 0.0773 e. The van der Waals surface area contributed by atoms with Crippen molar-refractivity contribution in [3.63, 3.8) is 0 Å². The summed E-state index contributed by atoms with van der Waals surface area (Å²) in [5.74, 6) is 2.89. The first-order valence-electron chi connectivity index (χ1n) is 12.1. The highest BCUT2D eigenvalue weighted by atomic mass is 14.3. The molecule has 0 heterocycles. The smallest absolute Gasteiger partial charge is 0.0168 e. The Morgan fingerprint density at radius 2 is 1.44 bits per heavy atom. The molecular weight excluding hydrogens is 324 g/mol. The quantitative estimate of drug-likeness (QED) is 0.436. The van der Waals surface area contributed by atoms with E-state index in [4.69, 9.17) is 0 Å². The third kappa shape index (κ3) is 4.99. The van der Waals surface area contributed by atoms with E-state index < -0.39 is 0 Å². The molecule has 3 aliphatic rings. The molecule has 27 heavy (non-hydrogen) atoms. The minimum Gasteiger partial charge on any atom is -0.0773 e. The molecule has 3 aliphatic carbocycles. The lowest BCUT2D eigenvalue weighted by Crippen LogP contribution is -2.16. The van der Waals surface area contributed by atoms with E-state index in [1.165, 1.54) is 77.0 Å². The van der Waals surface area contributed by atoms with Crippen LogP contribution in [0.1, 0.15) is 112 Å². The molecule has 0 amide bonds. The van der Waals surface area contributed by atoms with Gasteiger partial charge in [0.15, 0.2) is 0 Å². The first-order valence-corrected chi connectivity index (χ1v) is 12.1. The van der Waals surface area contributed by atoms with Gasteiger partial charge in [-0.1, -0.05) is 57.4 Å². The molecule has 3 rings (SSSR count). The maximum absolute atomic E-state index is 2.77. The Hall–Kier alpha value is -0.780. The molecule has 0 aromatic heterocycles. The van der Waals surface area contributed by atoms with Crippen molar-refractivity contribution < 1.29 is 0 Å². The van der Waals surface area contributed by atoms with Crippen LogP contribution in [0.2, 0.25) is 0 Å². The topological polar surface area (TPSA) is 0 Å². The van der Waals surface area contributed by atoms with Crippen LogP contribution >= 0.6 is 0 Å². The Bertz CT molecular complexity index is 582. The molecule has 152 valence electrons. The van der Waals surface area contributed by atoms with E-state index in [9.17, 15) is 0 Å². The van der Waals surface area contributed by atoms with Gasteiger partial charge in [0.1, 0.15) is 0 Å². The second-order valence-corrected chi connectivity index (χ2v) is 10.1. The van der Waals surface area contributed by atoms with E-state index in [0.717, 1.165) is 17.8 Å². The van der Waals surface area contributed by atoms with Crippen LogP contribution in [0, 0.1) is 23.7 Å². The molecule has 0 nitrogen and oxygen atoms in total. The zero-order valence-electron chi connectivity index (χ0n) is 18.9. The number of hydrogen-bond acceptors (Lipinski definition) is 0. The van der Waals surface area contributed by atoms with Gasteiger partial charge in [-0.15, -0.1) is 0 Å². The Balaban J connectivity index is 2.05. The molecule has 2 saturated carbocycles. The molecule has 3 unspecified atom stereocenters. The van der Waals surface area contributed by atoms with Crippen LogP contribution in [0.3, 0.4) is 0 Å². The van der Waals surface area contributed by atoms with Crippen LogP contribution in [-0.2, 0) is 0 Å². The Morgan fingerprint density at radius 1 is 0.852 bits per heavy atom. The molecular formula is C27H44. The molecule has 0 saturated heterocycles. The van der Waals surface area contributed by atoms with E-state index in [-0.39, 0.29) is 0 Å². The number of hydrogen-bond donors (Lipinski definition) is 0. The third-order valence-corrected chi connectivity index (χ3v) is 7.92. The standard InChI is InChI=1S/C27H44/c1-6-22-17-25(23-11-7-8-12-23)16-15-20(4)27(24-13-9-10-14-24)26(18-22)21(5)19(2)3/h18-22H,6-17H2,1-5H3. The van der Waals surface area contributed by atoms with Crippen LogP contribution in [0.15, 0.2) is 33.9 Å². The molecule has 0 spiro atoms. The fourth-order valence-corrected chi connectivity index (χ4v) is 5.76. The zero-order chi connectivity index (χ0) is 19.4. The van der Waals surface area contributed by atoms with E-state index >= 15 is 0 Å². The average molecular weight is 369 g/mol. The molecule has 0 radical (unpaired) electrons. The van der Waals surface area contributed by atoms with E-state index in [1.54, 1.807) is 5.57 Å². The lowest BCUT2D eigenvalue weighted by molar-refractivity contribution is 0.465. The minimum atomic E-state index is 0.685. The van der Waals surface area contributed by atoms with Crippen LogP contribution in [0.4, 0.5) is 0 Å². The van der Waals surface area contributed by atoms with Crippen molar-refractivity contribution in [3.05, 3.63) is 33.9 Å². The molecule has 0 aromatic rings. The maximum Gasteiger partial charge on any atom is -0.0168 e. The van der Waals surface area contributed by atoms with E-state index in [2.05, 4.69) is 40.7 Å². The predicted octanol–water partition coefficient (Wildman–Crippen LogP) is 8.79. The Kier molecular flexibility index (Phi) is 7.46. The summed E-state index contributed by atoms with van der Waals surface area (Å²) in [6.45, 7) is 12.3. The highest BCUT2D eigenvalue weighted by molar-refractivity contribution is 5.41. The van der Waals surface area contributed by atoms with Crippen molar-refractivity contribution >= 4 is 0 Å². The van der Waals surface area contributed by atoms with Crippen molar-refractivity contribution in [3.8, 4) is 0 Å². The molecule has 0 heteroatoms. The fraction of sp³-hybridized carbons (Fsp3) is 0.778. The highest BCUT2D eigenvalue weighted by Gasteiger charge is 2.28. The first-order chi connectivity index (χ1) is 13.0. The zero-order valence-corrected chi connectivity index (χ0v) is 18.9. The van der Waals surface area contributed by atoms with Crippen molar-refractivity contribution in [2.45, 2.75) is 112 Å². The van der Waals surface area contributed by atoms with Gasteiger partial charge in [-0.05, 0) is 112 Å². The second kappa shape index (κ2) is 9.62. The van der Waals surface area contributed by atoms with Crippen molar-refractivity contribution in [1.82, 2.24) is 0 Å². The lowest BCUT2D eigenvalue weighted by Gasteiger charge is -2.29. The van der Waals surface area contributed by atoms with E-state index in [0.29, 0.717) is 5.92 Å². The summed E-state index contributed by atoms with van der Waals surface area (Å²) in [6.07, 6.45) is 19.4. The van der Waals surface area contributed by atoms with Gasteiger partial charge >= 0.3 is 0 Å². The summed E-state index contributed by atoms with van der Waals surface area (Å²) < 4.78 is 0. The van der Waals surface area contributed by atoms with Crippen molar-refractivity contribution in [2.75, 3.05) is 0 Å². The second-order valence-electron chi connectivity index (χ2n) is 10.1. The van der Waals surface area contributed by atoms with Crippen molar-refractivity contribution in [2.24, 2.45) is 23.7 Å². The van der Waals surface area contributed by atoms with Crippen LogP contribution in [0.5, 0.6) is 0 Å². The van der Waals surface area contributed by atoms with Gasteiger partial charge in [-0.25, -0.2) is 0 Å². The van der Waals surface area contributed by atoms with Gasteiger partial charge in [-0.3, -0.25) is 0 Å². The summed E-state index contributed by atoms with van der Waals surface area (Å²) in [7, 11) is 0. The summed E-state index contributed by atoms with van der Waals surface area (Å²) in [4.78, 5) is 0. The normalized spacial score (nSPS) is 29.0. The summed E-state index contributed by atoms with van der Waals surface area (Å²) in [5, 5.41) is 0. The average Bonchev–Trinajstić information content (AvgIpc) is 3.36. The monoisotopic (exact) mass is 368 g/mol. The molecule has 0 aromatic carbocycles. The molecule has 0 bridgehead atoms.